The fourth-order valence-electron chi connectivity index (χ4n) is 4.19. The predicted molar refractivity (Wildman–Crippen MR) is 139 cm³/mol. The first kappa shape index (κ1) is 23.6. The van der Waals surface area contributed by atoms with Crippen molar-refractivity contribution in [1.29, 1.82) is 0 Å². The van der Waals surface area contributed by atoms with Gasteiger partial charge >= 0.3 is 0 Å². The van der Waals surface area contributed by atoms with Crippen LogP contribution in [-0.4, -0.2) is 54.9 Å². The molecule has 0 spiro atoms. The van der Waals surface area contributed by atoms with Crippen LogP contribution in [0.15, 0.2) is 61.2 Å². The number of imidazole rings is 1. The van der Waals surface area contributed by atoms with E-state index in [9.17, 15) is 17.9 Å². The van der Waals surface area contributed by atoms with E-state index in [0.29, 0.717) is 56.1 Å². The zero-order valence-corrected chi connectivity index (χ0v) is 20.6. The number of aromatic amines is 2. The molecule has 0 fully saturated rings. The molecule has 13 heteroatoms. The normalized spacial score (nSPS) is 11.9. The van der Waals surface area contributed by atoms with E-state index in [1.165, 1.54) is 18.3 Å². The molecule has 190 valence electrons. The van der Waals surface area contributed by atoms with Crippen LogP contribution in [0.2, 0.25) is 0 Å². The molecular formula is C25H19FN8O3S. The van der Waals surface area contributed by atoms with Gasteiger partial charge in [0.1, 0.15) is 22.8 Å². The van der Waals surface area contributed by atoms with E-state index >= 15 is 0 Å². The van der Waals surface area contributed by atoms with Gasteiger partial charge < -0.3 is 10.1 Å². The minimum Gasteiger partial charge on any atom is -0.506 e. The number of halogens is 1. The SMILES string of the molecule is CS(=O)(=O)NCc1cc(F)cc(-c2nccc3[nH]c(-c4n[nH]c5cnc(-c6cncc(O)c6)cc45)nc23)c1. The highest BCUT2D eigenvalue weighted by molar-refractivity contribution is 7.88. The molecule has 0 bridgehead atoms. The first-order valence-electron chi connectivity index (χ1n) is 11.3. The number of nitrogens with one attached hydrogen (secondary N) is 3. The third-order valence-corrected chi connectivity index (χ3v) is 6.53. The van der Waals surface area contributed by atoms with E-state index in [-0.39, 0.29) is 12.3 Å². The Morgan fingerprint density at radius 1 is 1.00 bits per heavy atom. The molecule has 0 saturated heterocycles. The summed E-state index contributed by atoms with van der Waals surface area (Å²) in [5.74, 6) is -0.0362. The minimum atomic E-state index is -3.45. The van der Waals surface area contributed by atoms with Crippen molar-refractivity contribution < 1.29 is 17.9 Å². The summed E-state index contributed by atoms with van der Waals surface area (Å²) in [5, 5.41) is 17.9. The average Bonchev–Trinajstić information content (AvgIpc) is 3.50. The van der Waals surface area contributed by atoms with Gasteiger partial charge in [0.2, 0.25) is 10.0 Å². The Morgan fingerprint density at radius 2 is 1.87 bits per heavy atom. The van der Waals surface area contributed by atoms with E-state index in [1.807, 2.05) is 6.07 Å². The highest BCUT2D eigenvalue weighted by Crippen LogP contribution is 2.32. The third kappa shape index (κ3) is 4.55. The zero-order valence-electron chi connectivity index (χ0n) is 19.8. The van der Waals surface area contributed by atoms with Crippen LogP contribution in [0.1, 0.15) is 5.56 Å². The van der Waals surface area contributed by atoms with Gasteiger partial charge in [0.25, 0.3) is 0 Å². The van der Waals surface area contributed by atoms with Crippen LogP contribution in [-0.2, 0) is 16.6 Å². The van der Waals surface area contributed by atoms with Gasteiger partial charge in [0, 0.05) is 35.5 Å². The number of H-pyrrole nitrogens is 2. The summed E-state index contributed by atoms with van der Waals surface area (Å²) in [5.41, 5.74) is 4.94. The number of rotatable bonds is 6. The van der Waals surface area contributed by atoms with Crippen molar-refractivity contribution in [3.05, 3.63) is 72.6 Å². The summed E-state index contributed by atoms with van der Waals surface area (Å²) in [6.07, 6.45) is 7.21. The summed E-state index contributed by atoms with van der Waals surface area (Å²) in [4.78, 5) is 20.9. The minimum absolute atomic E-state index is 0.0294. The van der Waals surface area contributed by atoms with E-state index in [2.05, 4.69) is 34.9 Å². The number of hydrogen-bond donors (Lipinski definition) is 4. The Morgan fingerprint density at radius 3 is 2.68 bits per heavy atom. The number of nitrogens with zero attached hydrogens (tertiary/aromatic N) is 5. The van der Waals surface area contributed by atoms with Gasteiger partial charge in [-0.1, -0.05) is 0 Å². The van der Waals surface area contributed by atoms with Crippen molar-refractivity contribution in [3.63, 3.8) is 0 Å². The summed E-state index contributed by atoms with van der Waals surface area (Å²) < 4.78 is 39.8. The molecule has 0 atom stereocenters. The van der Waals surface area contributed by atoms with Crippen molar-refractivity contribution in [2.24, 2.45) is 0 Å². The maximum Gasteiger partial charge on any atom is 0.209 e. The van der Waals surface area contributed by atoms with Gasteiger partial charge in [-0.25, -0.2) is 22.5 Å². The third-order valence-electron chi connectivity index (χ3n) is 5.86. The number of aromatic nitrogens is 7. The molecule has 1 aromatic carbocycles. The highest BCUT2D eigenvalue weighted by Gasteiger charge is 2.18. The van der Waals surface area contributed by atoms with Crippen LogP contribution >= 0.6 is 0 Å². The Labute approximate surface area is 214 Å². The van der Waals surface area contributed by atoms with Crippen molar-refractivity contribution in [1.82, 2.24) is 39.8 Å². The molecule has 6 rings (SSSR count). The summed E-state index contributed by atoms with van der Waals surface area (Å²) in [7, 11) is -3.45. The van der Waals surface area contributed by atoms with Gasteiger partial charge in [-0.3, -0.25) is 20.1 Å². The Balaban J connectivity index is 1.43. The Hall–Kier alpha value is -4.75. The molecule has 5 heterocycles. The van der Waals surface area contributed by atoms with E-state index < -0.39 is 15.8 Å². The quantitative estimate of drug-likeness (QED) is 0.254. The van der Waals surface area contributed by atoms with Crippen molar-refractivity contribution in [2.75, 3.05) is 6.26 Å². The van der Waals surface area contributed by atoms with Gasteiger partial charge in [-0.2, -0.15) is 5.10 Å². The van der Waals surface area contributed by atoms with E-state index in [0.717, 1.165) is 11.6 Å². The molecule has 0 saturated carbocycles. The molecule has 4 N–H and O–H groups in total. The zero-order chi connectivity index (χ0) is 26.4. The predicted octanol–water partition coefficient (Wildman–Crippen LogP) is 3.52. The lowest BCUT2D eigenvalue weighted by Crippen LogP contribution is -2.21. The van der Waals surface area contributed by atoms with Gasteiger partial charge in [-0.05, 0) is 42.0 Å². The lowest BCUT2D eigenvalue weighted by molar-refractivity contribution is 0.473. The maximum atomic E-state index is 14.5. The van der Waals surface area contributed by atoms with Gasteiger partial charge in [0.05, 0.1) is 41.1 Å². The van der Waals surface area contributed by atoms with Crippen molar-refractivity contribution in [3.8, 4) is 39.8 Å². The number of aromatic hydroxyl groups is 1. The topological polar surface area (TPSA) is 162 Å². The number of fused-ring (bicyclic) bond motifs is 2. The largest absolute Gasteiger partial charge is 0.506 e. The lowest BCUT2D eigenvalue weighted by atomic mass is 10.1. The Kier molecular flexibility index (Phi) is 5.58. The highest BCUT2D eigenvalue weighted by atomic mass is 32.2. The standard InChI is InChI=1S/C25H19FN8O3S/c1-38(36,37)30-9-13-4-14(6-16(26)5-13)22-24-19(2-3-28-22)31-25(32-24)23-18-8-20(29-12-21(18)33-34-23)15-7-17(35)11-27-10-15/h2-8,10-12,30,35H,9H2,1H3,(H,31,32)(H,33,34). The molecule has 0 aliphatic rings. The molecule has 0 aliphatic heterocycles. The Bertz CT molecular complexity index is 1950. The van der Waals surface area contributed by atoms with Crippen LogP contribution in [0.3, 0.4) is 0 Å². The van der Waals surface area contributed by atoms with Crippen LogP contribution in [0, 0.1) is 5.82 Å². The summed E-state index contributed by atoms with van der Waals surface area (Å²) in [6, 6.07) is 9.40. The molecule has 0 unspecified atom stereocenters. The molecular weight excluding hydrogens is 511 g/mol. The van der Waals surface area contributed by atoms with E-state index in [4.69, 9.17) is 4.98 Å². The van der Waals surface area contributed by atoms with Gasteiger partial charge in [-0.15, -0.1) is 0 Å². The number of hydrogen-bond acceptors (Lipinski definition) is 8. The second-order valence-electron chi connectivity index (χ2n) is 8.70. The number of benzene rings is 1. The summed E-state index contributed by atoms with van der Waals surface area (Å²) >= 11 is 0. The molecule has 38 heavy (non-hydrogen) atoms. The van der Waals surface area contributed by atoms with Gasteiger partial charge in [0.15, 0.2) is 5.82 Å². The lowest BCUT2D eigenvalue weighted by Gasteiger charge is -2.07. The molecule has 0 radical (unpaired) electrons. The fraction of sp³-hybridized carbons (Fsp3) is 0.0800. The fourth-order valence-corrected chi connectivity index (χ4v) is 4.61. The summed E-state index contributed by atoms with van der Waals surface area (Å²) in [6.45, 7) is -0.0598. The molecule has 6 aromatic rings. The van der Waals surface area contributed by atoms with Crippen molar-refractivity contribution in [2.45, 2.75) is 6.54 Å². The monoisotopic (exact) mass is 530 g/mol. The van der Waals surface area contributed by atoms with Crippen molar-refractivity contribution >= 4 is 32.0 Å². The second kappa shape index (κ2) is 8.97. The first-order valence-corrected chi connectivity index (χ1v) is 13.2. The molecule has 11 nitrogen and oxygen atoms in total. The molecule has 5 aromatic heterocycles. The molecule has 0 aliphatic carbocycles. The second-order valence-corrected chi connectivity index (χ2v) is 10.5. The van der Waals surface area contributed by atoms with E-state index in [1.54, 1.807) is 36.8 Å². The van der Waals surface area contributed by atoms with Crippen LogP contribution in [0.4, 0.5) is 4.39 Å². The number of pyridine rings is 3. The van der Waals surface area contributed by atoms with Crippen LogP contribution < -0.4 is 4.72 Å². The van der Waals surface area contributed by atoms with Crippen LogP contribution in [0.25, 0.3) is 56.0 Å². The smallest absolute Gasteiger partial charge is 0.209 e. The first-order chi connectivity index (χ1) is 18.2. The maximum absolute atomic E-state index is 14.5. The molecule has 0 amide bonds. The number of sulfonamides is 1. The average molecular weight is 531 g/mol. The van der Waals surface area contributed by atoms with Crippen LogP contribution in [0.5, 0.6) is 5.75 Å².